The highest BCUT2D eigenvalue weighted by Gasteiger charge is 2.25. The second kappa shape index (κ2) is 7.36. The van der Waals surface area contributed by atoms with E-state index in [1.807, 2.05) is 31.3 Å². The van der Waals surface area contributed by atoms with Crippen molar-refractivity contribution in [2.45, 2.75) is 12.6 Å². The molecule has 108 valence electrons. The highest BCUT2D eigenvalue weighted by Crippen LogP contribution is 2.15. The number of amides is 1. The van der Waals surface area contributed by atoms with Crippen molar-refractivity contribution >= 4 is 17.7 Å². The summed E-state index contributed by atoms with van der Waals surface area (Å²) in [5.74, 6) is 2.69. The lowest BCUT2D eigenvalue weighted by atomic mass is 10.2. The fourth-order valence-corrected chi connectivity index (χ4v) is 2.95. The molecule has 1 saturated heterocycles. The van der Waals surface area contributed by atoms with Crippen molar-refractivity contribution in [1.29, 1.82) is 0 Å². The van der Waals surface area contributed by atoms with Gasteiger partial charge in [-0.15, -0.1) is 11.8 Å². The molecule has 1 aromatic carbocycles. The molecule has 4 nitrogen and oxygen atoms in total. The zero-order valence-electron chi connectivity index (χ0n) is 11.7. The maximum atomic E-state index is 12.2. The highest BCUT2D eigenvalue weighted by atomic mass is 32.2. The topological polar surface area (TPSA) is 41.6 Å². The summed E-state index contributed by atoms with van der Waals surface area (Å²) >= 11 is 1.76. The number of likely N-dealkylation sites (N-methyl/N-ethyl adjacent to an activating group) is 1. The van der Waals surface area contributed by atoms with Crippen LogP contribution >= 0.6 is 11.8 Å². The summed E-state index contributed by atoms with van der Waals surface area (Å²) < 4.78 is 5.43. The molecule has 0 radical (unpaired) electrons. The molecule has 0 saturated carbocycles. The van der Waals surface area contributed by atoms with E-state index in [-0.39, 0.29) is 11.9 Å². The van der Waals surface area contributed by atoms with Gasteiger partial charge in [-0.1, -0.05) is 24.8 Å². The Morgan fingerprint density at radius 1 is 1.55 bits per heavy atom. The average Bonchev–Trinajstić information content (AvgIpc) is 3.00. The van der Waals surface area contributed by atoms with Gasteiger partial charge in [-0.3, -0.25) is 10.1 Å². The second-order valence-corrected chi connectivity index (χ2v) is 5.74. The molecule has 5 heteroatoms. The van der Waals surface area contributed by atoms with Crippen LogP contribution in [0.15, 0.2) is 36.9 Å². The monoisotopic (exact) mass is 292 g/mol. The second-order valence-electron chi connectivity index (χ2n) is 4.71. The summed E-state index contributed by atoms with van der Waals surface area (Å²) in [5, 5.41) is 3.20. The van der Waals surface area contributed by atoms with Crippen molar-refractivity contribution in [3.63, 3.8) is 0 Å². The lowest BCUT2D eigenvalue weighted by Gasteiger charge is -2.21. The zero-order valence-corrected chi connectivity index (χ0v) is 12.5. The maximum absolute atomic E-state index is 12.2. The van der Waals surface area contributed by atoms with Crippen LogP contribution in [0, 0.1) is 0 Å². The first-order chi connectivity index (χ1) is 9.70. The molecule has 1 amide bonds. The van der Waals surface area contributed by atoms with Crippen LogP contribution in [0.25, 0.3) is 0 Å². The summed E-state index contributed by atoms with van der Waals surface area (Å²) in [7, 11) is 1.84. The number of nitrogens with one attached hydrogen (secondary N) is 1. The first-order valence-corrected chi connectivity index (χ1v) is 7.75. The molecule has 1 N–H and O–H groups in total. The molecule has 1 atom stereocenters. The van der Waals surface area contributed by atoms with E-state index in [0.29, 0.717) is 13.2 Å². The van der Waals surface area contributed by atoms with E-state index in [9.17, 15) is 4.79 Å². The minimum atomic E-state index is -0.0415. The predicted molar refractivity (Wildman–Crippen MR) is 82.9 cm³/mol. The van der Waals surface area contributed by atoms with Crippen LogP contribution in [0.3, 0.4) is 0 Å². The molecule has 0 spiro atoms. The number of benzene rings is 1. The van der Waals surface area contributed by atoms with Gasteiger partial charge in [0.25, 0.3) is 0 Å². The van der Waals surface area contributed by atoms with Crippen LogP contribution < -0.4 is 10.1 Å². The number of carbonyl (C=O) groups is 1. The van der Waals surface area contributed by atoms with Crippen LogP contribution in [-0.2, 0) is 11.3 Å². The van der Waals surface area contributed by atoms with E-state index >= 15 is 0 Å². The molecule has 1 aliphatic heterocycles. The smallest absolute Gasteiger partial charge is 0.240 e. The third-order valence-electron chi connectivity index (χ3n) is 3.10. The van der Waals surface area contributed by atoms with Gasteiger partial charge in [0, 0.05) is 25.2 Å². The van der Waals surface area contributed by atoms with Gasteiger partial charge in [0.2, 0.25) is 5.91 Å². The van der Waals surface area contributed by atoms with Crippen LogP contribution in [0.4, 0.5) is 0 Å². The Kier molecular flexibility index (Phi) is 5.49. The van der Waals surface area contributed by atoms with E-state index in [1.165, 1.54) is 0 Å². The van der Waals surface area contributed by atoms with Gasteiger partial charge >= 0.3 is 0 Å². The highest BCUT2D eigenvalue weighted by molar-refractivity contribution is 7.99. The van der Waals surface area contributed by atoms with Gasteiger partial charge in [0.05, 0.1) is 6.04 Å². The van der Waals surface area contributed by atoms with Crippen molar-refractivity contribution < 1.29 is 9.53 Å². The van der Waals surface area contributed by atoms with Gasteiger partial charge in [-0.2, -0.15) is 0 Å². The van der Waals surface area contributed by atoms with Crippen molar-refractivity contribution in [3.05, 3.63) is 42.5 Å². The standard InChI is InChI=1S/C15H20N2O2S/c1-3-8-19-13-6-4-12(5-7-13)9-17(2)15(18)14-10-20-11-16-14/h3-7,14,16H,1,8-11H2,2H3. The summed E-state index contributed by atoms with van der Waals surface area (Å²) in [6.07, 6.45) is 1.72. The van der Waals surface area contributed by atoms with Gasteiger partial charge in [-0.25, -0.2) is 0 Å². The first-order valence-electron chi connectivity index (χ1n) is 6.59. The van der Waals surface area contributed by atoms with Gasteiger partial charge in [-0.05, 0) is 17.7 Å². The molecule has 0 bridgehead atoms. The first kappa shape index (κ1) is 14.9. The number of rotatable bonds is 6. The van der Waals surface area contributed by atoms with Gasteiger partial charge < -0.3 is 9.64 Å². The summed E-state index contributed by atoms with van der Waals surface area (Å²) in [4.78, 5) is 13.9. The predicted octanol–water partition coefficient (Wildman–Crippen LogP) is 1.87. The van der Waals surface area contributed by atoms with Crippen LogP contribution in [0.1, 0.15) is 5.56 Å². The number of ether oxygens (including phenoxy) is 1. The largest absolute Gasteiger partial charge is 0.490 e. The molecule has 2 rings (SSSR count). The SMILES string of the molecule is C=CCOc1ccc(CN(C)C(=O)C2CSCN2)cc1. The summed E-state index contributed by atoms with van der Waals surface area (Å²) in [5.41, 5.74) is 1.09. The molecule has 1 aliphatic rings. The quantitative estimate of drug-likeness (QED) is 0.813. The van der Waals surface area contributed by atoms with Crippen LogP contribution in [-0.4, -0.2) is 42.1 Å². The Labute approximate surface area is 124 Å². The Balaban J connectivity index is 1.88. The van der Waals surface area contributed by atoms with Crippen molar-refractivity contribution in [2.75, 3.05) is 25.3 Å². The number of nitrogens with zero attached hydrogens (tertiary/aromatic N) is 1. The van der Waals surface area contributed by atoms with Crippen LogP contribution in [0.2, 0.25) is 0 Å². The molecule has 0 aliphatic carbocycles. The summed E-state index contributed by atoms with van der Waals surface area (Å²) in [6, 6.07) is 7.76. The van der Waals surface area contributed by atoms with E-state index in [2.05, 4.69) is 11.9 Å². The lowest BCUT2D eigenvalue weighted by molar-refractivity contribution is -0.131. The summed E-state index contributed by atoms with van der Waals surface area (Å²) in [6.45, 7) is 4.73. The molecular formula is C15H20N2O2S. The average molecular weight is 292 g/mol. The van der Waals surface area contributed by atoms with E-state index in [1.54, 1.807) is 22.7 Å². The third-order valence-corrected chi connectivity index (χ3v) is 4.04. The zero-order chi connectivity index (χ0) is 14.4. The fourth-order valence-electron chi connectivity index (χ4n) is 2.02. The third kappa shape index (κ3) is 4.02. The Morgan fingerprint density at radius 3 is 2.90 bits per heavy atom. The number of hydrogen-bond donors (Lipinski definition) is 1. The number of carbonyl (C=O) groups excluding carboxylic acids is 1. The van der Waals surface area contributed by atoms with Crippen molar-refractivity contribution in [3.8, 4) is 5.75 Å². The molecular weight excluding hydrogens is 272 g/mol. The van der Waals surface area contributed by atoms with E-state index in [0.717, 1.165) is 22.9 Å². The van der Waals surface area contributed by atoms with E-state index < -0.39 is 0 Å². The molecule has 1 fully saturated rings. The minimum absolute atomic E-state index is 0.0415. The minimum Gasteiger partial charge on any atom is -0.490 e. The van der Waals surface area contributed by atoms with Crippen LogP contribution in [0.5, 0.6) is 5.75 Å². The number of thioether (sulfide) groups is 1. The van der Waals surface area contributed by atoms with Gasteiger partial charge in [0.1, 0.15) is 12.4 Å². The normalized spacial score (nSPS) is 17.8. The molecule has 1 aromatic rings. The fraction of sp³-hybridized carbons (Fsp3) is 0.400. The molecule has 1 heterocycles. The Bertz CT molecular complexity index is 455. The van der Waals surface area contributed by atoms with E-state index in [4.69, 9.17) is 4.74 Å². The van der Waals surface area contributed by atoms with Gasteiger partial charge in [0.15, 0.2) is 0 Å². The Morgan fingerprint density at radius 2 is 2.30 bits per heavy atom. The number of hydrogen-bond acceptors (Lipinski definition) is 4. The maximum Gasteiger partial charge on any atom is 0.240 e. The molecule has 1 unspecified atom stereocenters. The Hall–Kier alpha value is -1.46. The lowest BCUT2D eigenvalue weighted by Crippen LogP contribution is -2.42. The molecule has 20 heavy (non-hydrogen) atoms. The molecule has 0 aromatic heterocycles. The van der Waals surface area contributed by atoms with Crippen molar-refractivity contribution in [1.82, 2.24) is 10.2 Å². The van der Waals surface area contributed by atoms with Crippen molar-refractivity contribution in [2.24, 2.45) is 0 Å².